The molecule has 126 valence electrons. The van der Waals surface area contributed by atoms with E-state index in [1.54, 1.807) is 0 Å². The van der Waals surface area contributed by atoms with Crippen molar-refractivity contribution in [2.24, 2.45) is 0 Å². The highest BCUT2D eigenvalue weighted by atomic mass is 35.5. The van der Waals surface area contributed by atoms with E-state index in [1.165, 1.54) is 43.2 Å². The Hall–Kier alpha value is -1.32. The first kappa shape index (κ1) is 18.0. The molecule has 0 saturated heterocycles. The Kier molecular flexibility index (Phi) is 7.13. The summed E-state index contributed by atoms with van der Waals surface area (Å²) in [7, 11) is 0. The van der Waals surface area contributed by atoms with Gasteiger partial charge in [0.2, 0.25) is 0 Å². The maximum atomic E-state index is 12.2. The van der Waals surface area contributed by atoms with Gasteiger partial charge in [0.1, 0.15) is 0 Å². The molecule has 1 amide bonds. The maximum Gasteiger partial charge on any atom is 0.251 e. The summed E-state index contributed by atoms with van der Waals surface area (Å²) in [5.74, 6) is 0.736. The predicted molar refractivity (Wildman–Crippen MR) is 97.4 cm³/mol. The summed E-state index contributed by atoms with van der Waals surface area (Å²) in [4.78, 5) is 12.2. The van der Waals surface area contributed by atoms with Crippen LogP contribution in [0.25, 0.3) is 0 Å². The second kappa shape index (κ2) is 9.09. The smallest absolute Gasteiger partial charge is 0.251 e. The van der Waals surface area contributed by atoms with Crippen LogP contribution in [-0.2, 0) is 0 Å². The molecule has 1 saturated carbocycles. The number of benzene rings is 1. The lowest BCUT2D eigenvalue weighted by Crippen LogP contribution is -2.29. The first-order valence-electron chi connectivity index (χ1n) is 8.60. The summed E-state index contributed by atoms with van der Waals surface area (Å²) in [5, 5.41) is 6.31. The molecule has 1 aliphatic carbocycles. The number of carbonyl (C=O) groups excluding carboxylic acids is 1. The molecule has 23 heavy (non-hydrogen) atoms. The van der Waals surface area contributed by atoms with Crippen LogP contribution < -0.4 is 10.6 Å². The van der Waals surface area contributed by atoms with Crippen LogP contribution in [0.15, 0.2) is 35.9 Å². The summed E-state index contributed by atoms with van der Waals surface area (Å²) in [6, 6.07) is 8.26. The number of hydrogen-bond acceptors (Lipinski definition) is 2. The lowest BCUT2D eigenvalue weighted by Gasteiger charge is -2.22. The molecule has 0 unspecified atom stereocenters. The highest BCUT2D eigenvalue weighted by molar-refractivity contribution is 5.94. The minimum absolute atomic E-state index is 0. The lowest BCUT2D eigenvalue weighted by molar-refractivity contribution is 0.0956. The van der Waals surface area contributed by atoms with Crippen molar-refractivity contribution >= 4 is 18.3 Å². The molecule has 1 aromatic rings. The number of nitrogens with one attached hydrogen (secondary N) is 2. The van der Waals surface area contributed by atoms with Gasteiger partial charge in [0.15, 0.2) is 0 Å². The highest BCUT2D eigenvalue weighted by Gasteiger charge is 2.16. The fourth-order valence-electron chi connectivity index (χ4n) is 3.47. The van der Waals surface area contributed by atoms with E-state index in [4.69, 9.17) is 0 Å². The van der Waals surface area contributed by atoms with Gasteiger partial charge in [-0.2, -0.15) is 0 Å². The molecular weight excluding hydrogens is 308 g/mol. The molecule has 0 spiro atoms. The van der Waals surface area contributed by atoms with E-state index in [0.29, 0.717) is 12.5 Å². The van der Waals surface area contributed by atoms with Crippen LogP contribution in [0.4, 0.5) is 0 Å². The molecule has 2 N–H and O–H groups in total. The van der Waals surface area contributed by atoms with E-state index in [-0.39, 0.29) is 18.3 Å². The van der Waals surface area contributed by atoms with E-state index in [0.717, 1.165) is 25.1 Å². The molecule has 1 heterocycles. The van der Waals surface area contributed by atoms with Crippen molar-refractivity contribution in [1.82, 2.24) is 10.6 Å². The zero-order valence-electron chi connectivity index (χ0n) is 13.6. The van der Waals surface area contributed by atoms with Crippen molar-refractivity contribution in [2.45, 2.75) is 44.4 Å². The largest absolute Gasteiger partial charge is 0.348 e. The van der Waals surface area contributed by atoms with Crippen LogP contribution in [0, 0.1) is 0 Å². The monoisotopic (exact) mass is 334 g/mol. The summed E-state index contributed by atoms with van der Waals surface area (Å²) in [5.41, 5.74) is 3.50. The van der Waals surface area contributed by atoms with E-state index < -0.39 is 0 Å². The SMILES string of the molecule is Cl.O=C(NCC1=CCNCC1)c1ccc(C2CCCCC2)cc1. The summed E-state index contributed by atoms with van der Waals surface area (Å²) in [6.45, 7) is 2.60. The van der Waals surface area contributed by atoms with Gasteiger partial charge in [-0.3, -0.25) is 4.79 Å². The number of halogens is 1. The number of carbonyl (C=O) groups is 1. The fourth-order valence-corrected chi connectivity index (χ4v) is 3.47. The number of amides is 1. The first-order valence-corrected chi connectivity index (χ1v) is 8.60. The van der Waals surface area contributed by atoms with Crippen LogP contribution >= 0.6 is 12.4 Å². The first-order chi connectivity index (χ1) is 10.8. The van der Waals surface area contributed by atoms with Gasteiger partial charge in [-0.25, -0.2) is 0 Å². The van der Waals surface area contributed by atoms with Gasteiger partial charge < -0.3 is 10.6 Å². The predicted octanol–water partition coefficient (Wildman–Crippen LogP) is 3.81. The third kappa shape index (κ3) is 5.08. The van der Waals surface area contributed by atoms with Crippen molar-refractivity contribution in [3.8, 4) is 0 Å². The zero-order chi connectivity index (χ0) is 15.2. The Morgan fingerprint density at radius 3 is 2.52 bits per heavy atom. The minimum atomic E-state index is 0. The molecule has 1 aliphatic heterocycles. The quantitative estimate of drug-likeness (QED) is 0.822. The molecule has 2 aliphatic rings. The summed E-state index contributed by atoms with van der Waals surface area (Å²) >= 11 is 0. The molecule has 4 heteroatoms. The normalized spacial score (nSPS) is 18.7. The summed E-state index contributed by atoms with van der Waals surface area (Å²) in [6.07, 6.45) is 9.87. The van der Waals surface area contributed by atoms with Crippen molar-refractivity contribution < 1.29 is 4.79 Å². The van der Waals surface area contributed by atoms with E-state index in [9.17, 15) is 4.79 Å². The standard InChI is InChI=1S/C19H26N2O.ClH/c22-19(21-14-15-10-12-20-13-11-15)18-8-6-17(7-9-18)16-4-2-1-3-5-16;/h6-10,16,20H,1-5,11-14H2,(H,21,22);1H. The zero-order valence-corrected chi connectivity index (χ0v) is 14.5. The third-order valence-corrected chi connectivity index (χ3v) is 4.88. The molecule has 0 aromatic heterocycles. The average molecular weight is 335 g/mol. The third-order valence-electron chi connectivity index (χ3n) is 4.88. The highest BCUT2D eigenvalue weighted by Crippen LogP contribution is 2.32. The Labute approximate surface area is 145 Å². The molecule has 3 nitrogen and oxygen atoms in total. The number of rotatable bonds is 4. The fraction of sp³-hybridized carbons (Fsp3) is 0.526. The Bertz CT molecular complexity index is 533. The van der Waals surface area contributed by atoms with Crippen molar-refractivity contribution in [2.75, 3.05) is 19.6 Å². The van der Waals surface area contributed by atoms with E-state index in [1.807, 2.05) is 12.1 Å². The van der Waals surface area contributed by atoms with Gasteiger partial charge >= 0.3 is 0 Å². The maximum absolute atomic E-state index is 12.2. The van der Waals surface area contributed by atoms with Crippen LogP contribution in [0.2, 0.25) is 0 Å². The Morgan fingerprint density at radius 1 is 1.13 bits per heavy atom. The molecule has 0 radical (unpaired) electrons. The van der Waals surface area contributed by atoms with Crippen molar-refractivity contribution in [1.29, 1.82) is 0 Å². The van der Waals surface area contributed by atoms with Crippen LogP contribution in [-0.4, -0.2) is 25.5 Å². The van der Waals surface area contributed by atoms with Gasteiger partial charge in [0, 0.05) is 18.7 Å². The van der Waals surface area contributed by atoms with Crippen LogP contribution in [0.1, 0.15) is 60.4 Å². The Morgan fingerprint density at radius 2 is 1.87 bits per heavy atom. The Balaban J connectivity index is 0.00000192. The molecule has 1 aromatic carbocycles. The van der Waals surface area contributed by atoms with Gasteiger partial charge in [0.05, 0.1) is 0 Å². The van der Waals surface area contributed by atoms with Gasteiger partial charge in [0.25, 0.3) is 5.91 Å². The van der Waals surface area contributed by atoms with Gasteiger partial charge in [-0.1, -0.05) is 43.0 Å². The van der Waals surface area contributed by atoms with E-state index in [2.05, 4.69) is 28.8 Å². The van der Waals surface area contributed by atoms with Crippen LogP contribution in [0.5, 0.6) is 0 Å². The molecule has 0 bridgehead atoms. The van der Waals surface area contributed by atoms with Gasteiger partial charge in [-0.05, 0) is 49.4 Å². The summed E-state index contributed by atoms with van der Waals surface area (Å²) < 4.78 is 0. The minimum Gasteiger partial charge on any atom is -0.348 e. The number of hydrogen-bond donors (Lipinski definition) is 2. The lowest BCUT2D eigenvalue weighted by atomic mass is 9.84. The average Bonchev–Trinajstić information content (AvgIpc) is 2.61. The second-order valence-electron chi connectivity index (χ2n) is 6.46. The van der Waals surface area contributed by atoms with E-state index >= 15 is 0 Å². The topological polar surface area (TPSA) is 41.1 Å². The molecule has 1 fully saturated rings. The molecule has 0 atom stereocenters. The van der Waals surface area contributed by atoms with Crippen molar-refractivity contribution in [3.05, 3.63) is 47.0 Å². The molecule has 3 rings (SSSR count). The van der Waals surface area contributed by atoms with Crippen molar-refractivity contribution in [3.63, 3.8) is 0 Å². The molecular formula is C19H27ClN2O. The van der Waals surface area contributed by atoms with Gasteiger partial charge in [-0.15, -0.1) is 12.4 Å². The van der Waals surface area contributed by atoms with Crippen LogP contribution in [0.3, 0.4) is 0 Å². The second-order valence-corrected chi connectivity index (χ2v) is 6.46.